The van der Waals surface area contributed by atoms with Crippen molar-refractivity contribution in [3.05, 3.63) is 51.0 Å². The van der Waals surface area contributed by atoms with Crippen molar-refractivity contribution in [2.24, 2.45) is 0 Å². The van der Waals surface area contributed by atoms with Gasteiger partial charge in [-0.2, -0.15) is 5.10 Å². The van der Waals surface area contributed by atoms with Crippen molar-refractivity contribution in [2.45, 2.75) is 64.8 Å². The molecule has 0 saturated carbocycles. The third-order valence-electron chi connectivity index (χ3n) is 5.34. The summed E-state index contributed by atoms with van der Waals surface area (Å²) in [6, 6.07) is 9.42. The minimum Gasteiger partial charge on any atom is -0.463 e. The quantitative estimate of drug-likeness (QED) is 0.285. The van der Waals surface area contributed by atoms with E-state index < -0.39 is 54.5 Å². The van der Waals surface area contributed by atoms with Crippen molar-refractivity contribution in [1.82, 2.24) is 14.8 Å². The average molecular weight is 566 g/mol. The van der Waals surface area contributed by atoms with E-state index in [9.17, 15) is 19.2 Å². The van der Waals surface area contributed by atoms with Crippen LogP contribution in [-0.2, 0) is 49.3 Å². The first-order chi connectivity index (χ1) is 18.0. The number of carbonyl (C=O) groups excluding carboxylic acids is 4. The SMILES string of the molecule is CC(=O)OC[C@H]1O[C@@H](n2nc(Cc3ccccc3)c(=S)[nH]c2=S)[C@H](OC(C)=O)[C@@H](OC(C)=O)[C@H]1OC(C)=O. The zero-order chi connectivity index (χ0) is 28.0. The first-order valence-electron chi connectivity index (χ1n) is 11.5. The fraction of sp³-hybridized carbons (Fsp3) is 0.458. The highest BCUT2D eigenvalue weighted by Crippen LogP contribution is 2.34. The maximum atomic E-state index is 12.1. The van der Waals surface area contributed by atoms with Crippen LogP contribution in [0, 0.1) is 9.41 Å². The summed E-state index contributed by atoms with van der Waals surface area (Å²) in [5.41, 5.74) is 1.36. The normalized spacial score (nSPS) is 22.7. The lowest BCUT2D eigenvalue weighted by atomic mass is 9.97. The van der Waals surface area contributed by atoms with Gasteiger partial charge in [0.15, 0.2) is 29.3 Å². The molecule has 38 heavy (non-hydrogen) atoms. The van der Waals surface area contributed by atoms with Crippen LogP contribution in [-0.4, -0.2) is 69.7 Å². The number of benzene rings is 1. The van der Waals surface area contributed by atoms with Gasteiger partial charge in [0.05, 0.1) is 0 Å². The van der Waals surface area contributed by atoms with Crippen LogP contribution in [0.1, 0.15) is 45.2 Å². The molecule has 1 aliphatic heterocycles. The number of aromatic nitrogens is 3. The number of hydrogen-bond donors (Lipinski definition) is 1. The second-order valence-corrected chi connectivity index (χ2v) is 9.20. The van der Waals surface area contributed by atoms with Gasteiger partial charge in [-0.3, -0.25) is 19.2 Å². The summed E-state index contributed by atoms with van der Waals surface area (Å²) in [5.74, 6) is -2.83. The van der Waals surface area contributed by atoms with Crippen molar-refractivity contribution in [3.8, 4) is 0 Å². The van der Waals surface area contributed by atoms with E-state index in [4.69, 9.17) is 48.1 Å². The molecule has 14 heteroatoms. The highest BCUT2D eigenvalue weighted by molar-refractivity contribution is 7.72. The molecule has 0 amide bonds. The number of nitrogens with one attached hydrogen (secondary N) is 1. The highest BCUT2D eigenvalue weighted by Gasteiger charge is 2.53. The third kappa shape index (κ3) is 7.52. The molecule has 0 radical (unpaired) electrons. The van der Waals surface area contributed by atoms with Gasteiger partial charge in [-0.15, -0.1) is 0 Å². The second kappa shape index (κ2) is 12.8. The largest absolute Gasteiger partial charge is 0.463 e. The lowest BCUT2D eigenvalue weighted by Crippen LogP contribution is -2.60. The van der Waals surface area contributed by atoms with E-state index in [1.807, 2.05) is 30.3 Å². The van der Waals surface area contributed by atoms with Gasteiger partial charge in [0, 0.05) is 34.1 Å². The van der Waals surface area contributed by atoms with Gasteiger partial charge in [0.25, 0.3) is 0 Å². The van der Waals surface area contributed by atoms with Gasteiger partial charge < -0.3 is 28.7 Å². The smallest absolute Gasteiger partial charge is 0.303 e. The molecule has 204 valence electrons. The highest BCUT2D eigenvalue weighted by atomic mass is 32.1. The molecule has 0 unspecified atom stereocenters. The second-order valence-electron chi connectivity index (χ2n) is 8.40. The van der Waals surface area contributed by atoms with Gasteiger partial charge in [-0.05, 0) is 17.8 Å². The Morgan fingerprint density at radius 1 is 0.895 bits per heavy atom. The molecule has 2 aromatic rings. The fourth-order valence-corrected chi connectivity index (χ4v) is 4.45. The number of ether oxygens (including phenoxy) is 5. The van der Waals surface area contributed by atoms with E-state index in [1.54, 1.807) is 0 Å². The number of rotatable bonds is 8. The fourth-order valence-electron chi connectivity index (χ4n) is 3.93. The Labute approximate surface area is 228 Å². The molecular weight excluding hydrogens is 538 g/mol. The van der Waals surface area contributed by atoms with Crippen molar-refractivity contribution < 1.29 is 42.9 Å². The molecule has 1 aromatic heterocycles. The van der Waals surface area contributed by atoms with Crippen LogP contribution in [0.5, 0.6) is 0 Å². The average Bonchev–Trinajstić information content (AvgIpc) is 2.82. The summed E-state index contributed by atoms with van der Waals surface area (Å²) in [6.45, 7) is 4.26. The predicted octanol–water partition coefficient (Wildman–Crippen LogP) is 2.52. The minimum absolute atomic E-state index is 0.0210. The molecule has 1 saturated heterocycles. The zero-order valence-electron chi connectivity index (χ0n) is 21.1. The summed E-state index contributed by atoms with van der Waals surface area (Å²) < 4.78 is 29.2. The molecule has 0 aliphatic carbocycles. The molecule has 2 heterocycles. The summed E-state index contributed by atoms with van der Waals surface area (Å²) in [6.07, 6.45) is -6.10. The van der Waals surface area contributed by atoms with Crippen LogP contribution in [0.3, 0.4) is 0 Å². The van der Waals surface area contributed by atoms with E-state index in [-0.39, 0.29) is 11.4 Å². The molecule has 1 N–H and O–H groups in total. The van der Waals surface area contributed by atoms with E-state index in [2.05, 4.69) is 10.1 Å². The van der Waals surface area contributed by atoms with Gasteiger partial charge in [-0.1, -0.05) is 42.5 Å². The van der Waals surface area contributed by atoms with Crippen LogP contribution in [0.2, 0.25) is 0 Å². The maximum absolute atomic E-state index is 12.1. The van der Waals surface area contributed by atoms with Crippen LogP contribution >= 0.6 is 24.4 Å². The van der Waals surface area contributed by atoms with Crippen molar-refractivity contribution >= 4 is 48.3 Å². The molecule has 5 atom stereocenters. The summed E-state index contributed by atoms with van der Waals surface area (Å²) in [5, 5.41) is 4.58. The Bertz CT molecular complexity index is 1310. The topological polar surface area (TPSA) is 148 Å². The van der Waals surface area contributed by atoms with Gasteiger partial charge in [0.1, 0.15) is 23.0 Å². The lowest BCUT2D eigenvalue weighted by Gasteiger charge is -2.44. The van der Waals surface area contributed by atoms with Crippen LogP contribution < -0.4 is 0 Å². The summed E-state index contributed by atoms with van der Waals surface area (Å²) >= 11 is 10.9. The minimum atomic E-state index is -1.36. The first-order valence-corrected chi connectivity index (χ1v) is 12.3. The third-order valence-corrected chi connectivity index (χ3v) is 5.97. The Balaban J connectivity index is 2.14. The Kier molecular flexibility index (Phi) is 9.83. The molecule has 1 aliphatic rings. The Morgan fingerprint density at radius 2 is 1.47 bits per heavy atom. The van der Waals surface area contributed by atoms with Gasteiger partial charge in [-0.25, -0.2) is 4.68 Å². The van der Waals surface area contributed by atoms with Crippen LogP contribution in [0.4, 0.5) is 0 Å². The monoisotopic (exact) mass is 565 g/mol. The number of H-pyrrole nitrogens is 1. The number of nitrogens with zero attached hydrogens (tertiary/aromatic N) is 2. The molecule has 12 nitrogen and oxygen atoms in total. The predicted molar refractivity (Wildman–Crippen MR) is 135 cm³/mol. The van der Waals surface area contributed by atoms with Crippen LogP contribution in [0.15, 0.2) is 30.3 Å². The maximum Gasteiger partial charge on any atom is 0.303 e. The van der Waals surface area contributed by atoms with Gasteiger partial charge in [0.2, 0.25) is 0 Å². The van der Waals surface area contributed by atoms with Crippen molar-refractivity contribution in [3.63, 3.8) is 0 Å². The standard InChI is InChI=1S/C24H27N3O9S2/c1-12(28)32-11-18-19(33-13(2)29)20(34-14(3)30)21(35-15(4)31)23(36-18)27-24(38)25-22(37)17(26-27)10-16-8-6-5-7-9-16/h5-9,18-21,23H,10-11H2,1-4H3,(H,25,37,38)/t18-,19+,20+,21-,23-/m1/s1. The number of aromatic amines is 1. The zero-order valence-corrected chi connectivity index (χ0v) is 22.7. The molecule has 1 aromatic carbocycles. The number of hydrogen-bond acceptors (Lipinski definition) is 12. The lowest BCUT2D eigenvalue weighted by molar-refractivity contribution is -0.271. The van der Waals surface area contributed by atoms with E-state index >= 15 is 0 Å². The van der Waals surface area contributed by atoms with E-state index in [0.717, 1.165) is 26.3 Å². The Morgan fingerprint density at radius 3 is 2.05 bits per heavy atom. The first kappa shape index (κ1) is 29.1. The molecular formula is C24H27N3O9S2. The van der Waals surface area contributed by atoms with E-state index in [1.165, 1.54) is 11.6 Å². The summed E-state index contributed by atoms with van der Waals surface area (Å²) in [7, 11) is 0. The van der Waals surface area contributed by atoms with Gasteiger partial charge >= 0.3 is 23.9 Å². The van der Waals surface area contributed by atoms with Crippen molar-refractivity contribution in [1.29, 1.82) is 0 Å². The van der Waals surface area contributed by atoms with E-state index in [0.29, 0.717) is 16.8 Å². The molecule has 1 fully saturated rings. The molecule has 0 bridgehead atoms. The summed E-state index contributed by atoms with van der Waals surface area (Å²) in [4.78, 5) is 50.6. The van der Waals surface area contributed by atoms with Crippen LogP contribution in [0.25, 0.3) is 0 Å². The van der Waals surface area contributed by atoms with Crippen molar-refractivity contribution in [2.75, 3.05) is 6.61 Å². The molecule has 3 rings (SSSR count). The number of esters is 4. The Hall–Kier alpha value is -3.49. The molecule has 0 spiro atoms. The number of carbonyl (C=O) groups is 4.